The van der Waals surface area contributed by atoms with Crippen molar-refractivity contribution in [2.45, 2.75) is 0 Å². The minimum Gasteiger partial charge on any atom is -0.383 e. The van der Waals surface area contributed by atoms with E-state index in [0.717, 1.165) is 30.7 Å². The van der Waals surface area contributed by atoms with Gasteiger partial charge in [-0.05, 0) is 42.5 Å². The van der Waals surface area contributed by atoms with Gasteiger partial charge in [-0.3, -0.25) is 9.69 Å². The maximum Gasteiger partial charge on any atom is 0.247 e. The monoisotopic (exact) mass is 533 g/mol. The van der Waals surface area contributed by atoms with Crippen molar-refractivity contribution in [1.82, 2.24) is 19.4 Å². The Morgan fingerprint density at radius 1 is 1.13 bits per heavy atom. The molecule has 0 bridgehead atoms. The first kappa shape index (κ1) is 26.3. The third kappa shape index (κ3) is 5.74. The zero-order chi connectivity index (χ0) is 27.4. The van der Waals surface area contributed by atoms with Crippen molar-refractivity contribution in [3.05, 3.63) is 79.1 Å². The number of aromatic nitrogens is 3. The Balaban J connectivity index is 1.35. The van der Waals surface area contributed by atoms with Crippen molar-refractivity contribution in [2.24, 2.45) is 0 Å². The van der Waals surface area contributed by atoms with Crippen LogP contribution in [0.25, 0.3) is 16.7 Å². The molecule has 202 valence electrons. The number of piperazine rings is 1. The smallest absolute Gasteiger partial charge is 0.247 e. The summed E-state index contributed by atoms with van der Waals surface area (Å²) < 4.78 is 37.2. The SMILES string of the molecule is C=CC(=O)Nc1cccc(-n2ccc3cnc(Nc4ccc(N5CCN(CCOC)CC5)c(F)c4F)nc32)c1. The fraction of sp³-hybridized carbons (Fsp3) is 0.250. The van der Waals surface area contributed by atoms with Crippen molar-refractivity contribution in [1.29, 1.82) is 0 Å². The molecular formula is C28H29F2N7O2. The summed E-state index contributed by atoms with van der Waals surface area (Å²) in [5, 5.41) is 6.31. The van der Waals surface area contributed by atoms with Crippen molar-refractivity contribution in [2.75, 3.05) is 62.0 Å². The molecule has 11 heteroatoms. The number of hydrogen-bond donors (Lipinski definition) is 2. The number of ether oxygens (including phenoxy) is 1. The Bertz CT molecular complexity index is 1500. The molecule has 3 heterocycles. The van der Waals surface area contributed by atoms with Gasteiger partial charge in [0.2, 0.25) is 11.9 Å². The van der Waals surface area contributed by atoms with Crippen LogP contribution in [0.5, 0.6) is 0 Å². The van der Waals surface area contributed by atoms with E-state index in [1.54, 1.807) is 37.6 Å². The molecule has 1 amide bonds. The third-order valence-electron chi connectivity index (χ3n) is 6.64. The van der Waals surface area contributed by atoms with Gasteiger partial charge < -0.3 is 24.8 Å². The van der Waals surface area contributed by atoms with Gasteiger partial charge in [0.15, 0.2) is 11.6 Å². The summed E-state index contributed by atoms with van der Waals surface area (Å²) >= 11 is 0. The summed E-state index contributed by atoms with van der Waals surface area (Å²) in [4.78, 5) is 24.6. The van der Waals surface area contributed by atoms with Gasteiger partial charge in [0.05, 0.1) is 18.0 Å². The van der Waals surface area contributed by atoms with Gasteiger partial charge in [-0.25, -0.2) is 13.8 Å². The van der Waals surface area contributed by atoms with Crippen LogP contribution in [0, 0.1) is 11.6 Å². The number of rotatable bonds is 9. The third-order valence-corrected chi connectivity index (χ3v) is 6.64. The zero-order valence-electron chi connectivity index (χ0n) is 21.5. The van der Waals surface area contributed by atoms with Crippen LogP contribution >= 0.6 is 0 Å². The minimum absolute atomic E-state index is 0.0541. The lowest BCUT2D eigenvalue weighted by Crippen LogP contribution is -2.47. The maximum atomic E-state index is 15.1. The average Bonchev–Trinajstić information content (AvgIpc) is 3.38. The molecule has 4 aromatic rings. The largest absolute Gasteiger partial charge is 0.383 e. The quantitative estimate of drug-likeness (QED) is 0.310. The molecule has 0 saturated carbocycles. The Kier molecular flexibility index (Phi) is 7.80. The summed E-state index contributed by atoms with van der Waals surface area (Å²) in [7, 11) is 1.66. The molecule has 2 N–H and O–H groups in total. The van der Waals surface area contributed by atoms with Crippen LogP contribution in [0.1, 0.15) is 0 Å². The van der Waals surface area contributed by atoms with Crippen molar-refractivity contribution >= 4 is 40.0 Å². The topological polar surface area (TPSA) is 87.6 Å². The normalized spacial score (nSPS) is 14.0. The highest BCUT2D eigenvalue weighted by molar-refractivity contribution is 5.99. The summed E-state index contributed by atoms with van der Waals surface area (Å²) in [5.74, 6) is -2.09. The van der Waals surface area contributed by atoms with Gasteiger partial charge in [-0.2, -0.15) is 4.98 Å². The van der Waals surface area contributed by atoms with E-state index in [0.29, 0.717) is 31.0 Å². The number of methoxy groups -OCH3 is 1. The number of fused-ring (bicyclic) bond motifs is 1. The molecule has 39 heavy (non-hydrogen) atoms. The number of anilines is 4. The van der Waals surface area contributed by atoms with E-state index in [2.05, 4.69) is 32.1 Å². The highest BCUT2D eigenvalue weighted by atomic mass is 19.2. The van der Waals surface area contributed by atoms with E-state index in [1.807, 2.05) is 27.8 Å². The van der Waals surface area contributed by atoms with Gasteiger partial charge in [-0.15, -0.1) is 0 Å². The van der Waals surface area contributed by atoms with E-state index in [-0.39, 0.29) is 23.2 Å². The molecule has 0 aliphatic carbocycles. The van der Waals surface area contributed by atoms with Gasteiger partial charge in [0.1, 0.15) is 5.65 Å². The molecule has 9 nitrogen and oxygen atoms in total. The average molecular weight is 534 g/mol. The lowest BCUT2D eigenvalue weighted by Gasteiger charge is -2.36. The predicted molar refractivity (Wildman–Crippen MR) is 148 cm³/mol. The van der Waals surface area contributed by atoms with Crippen molar-refractivity contribution in [3.63, 3.8) is 0 Å². The fourth-order valence-corrected chi connectivity index (χ4v) is 4.55. The molecule has 0 unspecified atom stereocenters. The van der Waals surface area contributed by atoms with Gasteiger partial charge in [0, 0.05) is 69.0 Å². The van der Waals surface area contributed by atoms with E-state index >= 15 is 8.78 Å². The van der Waals surface area contributed by atoms with E-state index in [9.17, 15) is 4.79 Å². The second-order valence-electron chi connectivity index (χ2n) is 9.11. The van der Waals surface area contributed by atoms with Gasteiger partial charge in [-0.1, -0.05) is 12.6 Å². The molecule has 0 spiro atoms. The Labute approximate surface area is 224 Å². The van der Waals surface area contributed by atoms with Crippen LogP contribution in [0.15, 0.2) is 67.5 Å². The van der Waals surface area contributed by atoms with E-state index in [1.165, 1.54) is 12.1 Å². The first-order valence-electron chi connectivity index (χ1n) is 12.6. The summed E-state index contributed by atoms with van der Waals surface area (Å²) in [6.07, 6.45) is 4.62. The highest BCUT2D eigenvalue weighted by Crippen LogP contribution is 2.30. The lowest BCUT2D eigenvalue weighted by molar-refractivity contribution is -0.111. The van der Waals surface area contributed by atoms with E-state index < -0.39 is 11.6 Å². The fourth-order valence-electron chi connectivity index (χ4n) is 4.55. The Morgan fingerprint density at radius 3 is 2.72 bits per heavy atom. The van der Waals surface area contributed by atoms with Gasteiger partial charge >= 0.3 is 0 Å². The zero-order valence-corrected chi connectivity index (χ0v) is 21.5. The highest BCUT2D eigenvalue weighted by Gasteiger charge is 2.23. The number of nitrogens with one attached hydrogen (secondary N) is 2. The van der Waals surface area contributed by atoms with Crippen molar-refractivity contribution in [3.8, 4) is 5.69 Å². The standard InChI is InChI=1S/C28H29F2N7O2/c1-3-24(38)32-20-5-4-6-21(17-20)37-10-9-19-18-31-28(34-27(19)37)33-22-7-8-23(26(30)25(22)29)36-13-11-35(12-14-36)15-16-39-2/h3-10,17-18H,1,11-16H2,2H3,(H,32,38)(H,31,33,34). The summed E-state index contributed by atoms with van der Waals surface area (Å²) in [6, 6.07) is 12.2. The molecular weight excluding hydrogens is 504 g/mol. The number of halogens is 2. The van der Waals surface area contributed by atoms with Crippen LogP contribution in [-0.4, -0.2) is 71.8 Å². The first-order valence-corrected chi connectivity index (χ1v) is 12.6. The Morgan fingerprint density at radius 2 is 1.95 bits per heavy atom. The Hall–Kier alpha value is -4.35. The van der Waals surface area contributed by atoms with Crippen LogP contribution in [0.3, 0.4) is 0 Å². The second kappa shape index (κ2) is 11.6. The molecule has 2 aromatic heterocycles. The number of benzene rings is 2. The molecule has 1 aliphatic rings. The number of nitrogens with zero attached hydrogens (tertiary/aromatic N) is 5. The van der Waals surface area contributed by atoms with Crippen LogP contribution in [0.4, 0.5) is 31.8 Å². The molecule has 0 atom stereocenters. The van der Waals surface area contributed by atoms with Crippen molar-refractivity contribution < 1.29 is 18.3 Å². The van der Waals surface area contributed by atoms with Crippen LogP contribution in [-0.2, 0) is 9.53 Å². The van der Waals surface area contributed by atoms with E-state index in [4.69, 9.17) is 4.74 Å². The number of amides is 1. The minimum atomic E-state index is -0.987. The molecule has 1 saturated heterocycles. The lowest BCUT2D eigenvalue weighted by atomic mass is 10.2. The summed E-state index contributed by atoms with van der Waals surface area (Å²) in [5.41, 5.74) is 2.09. The first-order chi connectivity index (χ1) is 19.0. The van der Waals surface area contributed by atoms with Crippen LogP contribution < -0.4 is 15.5 Å². The molecule has 0 radical (unpaired) electrons. The number of carbonyl (C=O) groups is 1. The number of carbonyl (C=O) groups excluding carboxylic acids is 1. The maximum absolute atomic E-state index is 15.1. The molecule has 1 aliphatic heterocycles. The van der Waals surface area contributed by atoms with Gasteiger partial charge in [0.25, 0.3) is 0 Å². The summed E-state index contributed by atoms with van der Waals surface area (Å²) in [6.45, 7) is 7.62. The van der Waals surface area contributed by atoms with Crippen LogP contribution in [0.2, 0.25) is 0 Å². The molecule has 1 fully saturated rings. The molecule has 5 rings (SSSR count). The predicted octanol–water partition coefficient (Wildman–Crippen LogP) is 4.34. The number of hydrogen-bond acceptors (Lipinski definition) is 7. The second-order valence-corrected chi connectivity index (χ2v) is 9.11. The molecule has 2 aromatic carbocycles.